The molecule has 0 saturated carbocycles. The Morgan fingerprint density at radius 2 is 2.40 bits per heavy atom. The first-order chi connectivity index (χ1) is 7.16. The number of H-pyrrole nitrogens is 1. The van der Waals surface area contributed by atoms with Crippen molar-refractivity contribution in [3.63, 3.8) is 0 Å². The van der Waals surface area contributed by atoms with Crippen LogP contribution < -0.4 is 10.6 Å². The molecular weight excluding hydrogens is 210 g/mol. The van der Waals surface area contributed by atoms with Gasteiger partial charge < -0.3 is 10.6 Å². The van der Waals surface area contributed by atoms with Crippen LogP contribution in [-0.2, 0) is 6.54 Å². The molecule has 0 amide bonds. The number of aromatic nitrogens is 3. The number of nitrogen functional groups attached to an aromatic ring is 1. The van der Waals surface area contributed by atoms with Crippen LogP contribution >= 0.6 is 11.3 Å². The molecule has 0 atom stereocenters. The average molecular weight is 223 g/mol. The fourth-order valence-electron chi connectivity index (χ4n) is 1.34. The predicted octanol–water partition coefficient (Wildman–Crippen LogP) is 1.39. The van der Waals surface area contributed by atoms with Crippen molar-refractivity contribution in [2.24, 2.45) is 0 Å². The zero-order chi connectivity index (χ0) is 10.8. The Balaban J connectivity index is 2.10. The highest BCUT2D eigenvalue weighted by Gasteiger charge is 2.09. The first-order valence-corrected chi connectivity index (χ1v) is 5.47. The van der Waals surface area contributed by atoms with Gasteiger partial charge in [0, 0.05) is 18.5 Å². The maximum absolute atomic E-state index is 5.47. The van der Waals surface area contributed by atoms with Gasteiger partial charge in [0.1, 0.15) is 0 Å². The molecule has 2 rings (SSSR count). The summed E-state index contributed by atoms with van der Waals surface area (Å²) in [5.74, 6) is 0.969. The Morgan fingerprint density at radius 1 is 1.60 bits per heavy atom. The summed E-state index contributed by atoms with van der Waals surface area (Å²) in [6.07, 6.45) is 0. The Bertz CT molecular complexity index is 447. The molecule has 0 radical (unpaired) electrons. The summed E-state index contributed by atoms with van der Waals surface area (Å²) in [5.41, 5.74) is 6.76. The second kappa shape index (κ2) is 3.90. The van der Waals surface area contributed by atoms with E-state index in [1.807, 2.05) is 11.9 Å². The van der Waals surface area contributed by atoms with Gasteiger partial charge in [-0.15, -0.1) is 16.4 Å². The molecule has 0 spiro atoms. The molecule has 0 aromatic carbocycles. The molecule has 80 valence electrons. The molecule has 0 aliphatic carbocycles. The number of thiophene rings is 1. The standard InChI is InChI=1S/C9H13N5S/c1-6-7(3-4-15-6)5-14(2)9-11-8(10)12-13-9/h3-4H,5H2,1-2H3,(H3,10,11,12,13). The van der Waals surface area contributed by atoms with Crippen molar-refractivity contribution in [1.82, 2.24) is 15.2 Å². The van der Waals surface area contributed by atoms with Gasteiger partial charge in [-0.3, -0.25) is 0 Å². The van der Waals surface area contributed by atoms with Crippen LogP contribution in [0.1, 0.15) is 10.4 Å². The molecule has 2 aromatic rings. The van der Waals surface area contributed by atoms with E-state index in [2.05, 4.69) is 33.6 Å². The average Bonchev–Trinajstić information content (AvgIpc) is 2.77. The van der Waals surface area contributed by atoms with Crippen molar-refractivity contribution in [1.29, 1.82) is 0 Å². The van der Waals surface area contributed by atoms with Gasteiger partial charge in [-0.2, -0.15) is 4.98 Å². The topological polar surface area (TPSA) is 70.8 Å². The molecular formula is C9H13N5S. The Morgan fingerprint density at radius 3 is 2.93 bits per heavy atom. The first-order valence-electron chi connectivity index (χ1n) is 4.59. The fourth-order valence-corrected chi connectivity index (χ4v) is 2.06. The molecule has 0 unspecified atom stereocenters. The van der Waals surface area contributed by atoms with Crippen LogP contribution in [0.4, 0.5) is 11.9 Å². The second-order valence-corrected chi connectivity index (χ2v) is 4.50. The van der Waals surface area contributed by atoms with E-state index in [0.717, 1.165) is 6.54 Å². The van der Waals surface area contributed by atoms with Crippen LogP contribution in [0.25, 0.3) is 0 Å². The number of aromatic amines is 1. The number of hydrogen-bond acceptors (Lipinski definition) is 5. The summed E-state index contributed by atoms with van der Waals surface area (Å²) in [4.78, 5) is 7.35. The lowest BCUT2D eigenvalue weighted by Gasteiger charge is -2.13. The number of rotatable bonds is 3. The van der Waals surface area contributed by atoms with Crippen molar-refractivity contribution in [3.8, 4) is 0 Å². The molecule has 0 aliphatic rings. The third kappa shape index (κ3) is 2.10. The minimum absolute atomic E-state index is 0.346. The van der Waals surface area contributed by atoms with Crippen molar-refractivity contribution in [3.05, 3.63) is 21.9 Å². The Hall–Kier alpha value is -1.56. The van der Waals surface area contributed by atoms with E-state index < -0.39 is 0 Å². The van der Waals surface area contributed by atoms with Crippen molar-refractivity contribution >= 4 is 23.2 Å². The number of nitrogens with one attached hydrogen (secondary N) is 1. The SMILES string of the molecule is Cc1sccc1CN(C)c1n[nH]c(N)n1. The maximum Gasteiger partial charge on any atom is 0.246 e. The number of aryl methyl sites for hydroxylation is 1. The van der Waals surface area contributed by atoms with Gasteiger partial charge in [0.25, 0.3) is 0 Å². The van der Waals surface area contributed by atoms with Crippen LogP contribution in [0, 0.1) is 6.92 Å². The molecule has 0 saturated heterocycles. The largest absolute Gasteiger partial charge is 0.368 e. The summed E-state index contributed by atoms with van der Waals surface area (Å²) in [5, 5.41) is 8.70. The molecule has 5 nitrogen and oxygen atoms in total. The summed E-state index contributed by atoms with van der Waals surface area (Å²) in [6, 6.07) is 2.12. The molecule has 6 heteroatoms. The maximum atomic E-state index is 5.47. The van der Waals surface area contributed by atoms with E-state index in [-0.39, 0.29) is 0 Å². The summed E-state index contributed by atoms with van der Waals surface area (Å²) in [6.45, 7) is 2.91. The van der Waals surface area contributed by atoms with E-state index in [9.17, 15) is 0 Å². The van der Waals surface area contributed by atoms with Crippen LogP contribution in [0.15, 0.2) is 11.4 Å². The second-order valence-electron chi connectivity index (χ2n) is 3.38. The first kappa shape index (κ1) is 9.97. The summed E-state index contributed by atoms with van der Waals surface area (Å²) >= 11 is 1.75. The van der Waals surface area contributed by atoms with Gasteiger partial charge in [0.05, 0.1) is 0 Å². The number of anilines is 2. The molecule has 3 N–H and O–H groups in total. The molecule has 0 aliphatic heterocycles. The molecule has 0 fully saturated rings. The van der Waals surface area contributed by atoms with Crippen molar-refractivity contribution in [2.75, 3.05) is 17.7 Å². The van der Waals surface area contributed by atoms with Gasteiger partial charge in [0.15, 0.2) is 0 Å². The highest BCUT2D eigenvalue weighted by molar-refractivity contribution is 7.10. The third-order valence-electron chi connectivity index (χ3n) is 2.21. The lowest BCUT2D eigenvalue weighted by Crippen LogP contribution is -2.17. The van der Waals surface area contributed by atoms with E-state index in [1.54, 1.807) is 11.3 Å². The predicted molar refractivity (Wildman–Crippen MR) is 62.0 cm³/mol. The Kier molecular flexibility index (Phi) is 2.59. The van der Waals surface area contributed by atoms with Crippen molar-refractivity contribution < 1.29 is 0 Å². The van der Waals surface area contributed by atoms with Gasteiger partial charge >= 0.3 is 0 Å². The smallest absolute Gasteiger partial charge is 0.246 e. The number of nitrogens with zero attached hydrogens (tertiary/aromatic N) is 3. The summed E-state index contributed by atoms with van der Waals surface area (Å²) in [7, 11) is 1.94. The number of hydrogen-bond donors (Lipinski definition) is 2. The van der Waals surface area contributed by atoms with Gasteiger partial charge in [-0.25, -0.2) is 5.10 Å². The Labute approximate surface area is 91.9 Å². The zero-order valence-corrected chi connectivity index (χ0v) is 9.51. The molecule has 2 heterocycles. The third-order valence-corrected chi connectivity index (χ3v) is 3.09. The molecule has 2 aromatic heterocycles. The van der Waals surface area contributed by atoms with Crippen molar-refractivity contribution in [2.45, 2.75) is 13.5 Å². The van der Waals surface area contributed by atoms with Gasteiger partial charge in [-0.1, -0.05) is 0 Å². The minimum Gasteiger partial charge on any atom is -0.368 e. The van der Waals surface area contributed by atoms with Crippen LogP contribution in [0.2, 0.25) is 0 Å². The molecule has 15 heavy (non-hydrogen) atoms. The fraction of sp³-hybridized carbons (Fsp3) is 0.333. The van der Waals surface area contributed by atoms with Gasteiger partial charge in [-0.05, 0) is 23.9 Å². The van der Waals surface area contributed by atoms with E-state index >= 15 is 0 Å². The summed E-state index contributed by atoms with van der Waals surface area (Å²) < 4.78 is 0. The number of nitrogens with two attached hydrogens (primary N) is 1. The van der Waals surface area contributed by atoms with Crippen LogP contribution in [0.3, 0.4) is 0 Å². The van der Waals surface area contributed by atoms with E-state index in [1.165, 1.54) is 10.4 Å². The van der Waals surface area contributed by atoms with E-state index in [0.29, 0.717) is 11.9 Å². The minimum atomic E-state index is 0.346. The monoisotopic (exact) mass is 223 g/mol. The highest BCUT2D eigenvalue weighted by Crippen LogP contribution is 2.18. The van der Waals surface area contributed by atoms with Gasteiger partial charge in [0.2, 0.25) is 11.9 Å². The van der Waals surface area contributed by atoms with Crippen LogP contribution in [0.5, 0.6) is 0 Å². The normalized spacial score (nSPS) is 10.5. The lowest BCUT2D eigenvalue weighted by molar-refractivity contribution is 0.869. The lowest BCUT2D eigenvalue weighted by atomic mass is 10.2. The zero-order valence-electron chi connectivity index (χ0n) is 8.69. The van der Waals surface area contributed by atoms with E-state index in [4.69, 9.17) is 5.73 Å². The van der Waals surface area contributed by atoms with Crippen LogP contribution in [-0.4, -0.2) is 22.2 Å². The molecule has 0 bridgehead atoms. The highest BCUT2D eigenvalue weighted by atomic mass is 32.1. The quantitative estimate of drug-likeness (QED) is 0.825.